The maximum absolute atomic E-state index is 13.0. The van der Waals surface area contributed by atoms with Crippen LogP contribution in [0.1, 0.15) is 33.6 Å². The lowest BCUT2D eigenvalue weighted by Gasteiger charge is -2.50. The first-order valence-electron chi connectivity index (χ1n) is 8.57. The molecule has 7 heteroatoms. The standard InChI is InChI=1S/C17H20F6O/c1-6-10-14(6)7(5-13(24,16(18,19)20)17(21,22)23)4-8(14)9-11-12(2,3)15(9,10)11/h6-11,24H,4-5H2,1-3H3. The van der Waals surface area contributed by atoms with Crippen LogP contribution in [-0.4, -0.2) is 23.1 Å². The molecular formula is C17H20F6O. The van der Waals surface area contributed by atoms with E-state index in [4.69, 9.17) is 0 Å². The molecule has 8 unspecified atom stereocenters. The average Bonchev–Trinajstić information content (AvgIpc) is 3.27. The predicted octanol–water partition coefficient (Wildman–Crippen LogP) is 4.41. The Labute approximate surface area is 135 Å². The van der Waals surface area contributed by atoms with E-state index in [2.05, 4.69) is 13.8 Å². The Morgan fingerprint density at radius 1 is 1.00 bits per heavy atom. The van der Waals surface area contributed by atoms with Crippen molar-refractivity contribution in [2.75, 3.05) is 0 Å². The Bertz CT molecular complexity index is 636. The fourth-order valence-corrected chi connectivity index (χ4v) is 8.41. The first-order valence-corrected chi connectivity index (χ1v) is 8.57. The molecule has 8 atom stereocenters. The summed E-state index contributed by atoms with van der Waals surface area (Å²) in [5.74, 6) is 1.22. The maximum Gasteiger partial charge on any atom is 0.426 e. The van der Waals surface area contributed by atoms with Crippen LogP contribution in [0.25, 0.3) is 0 Å². The predicted molar refractivity (Wildman–Crippen MR) is 71.6 cm³/mol. The molecule has 5 fully saturated rings. The van der Waals surface area contributed by atoms with Gasteiger partial charge in [-0.1, -0.05) is 20.8 Å². The summed E-state index contributed by atoms with van der Waals surface area (Å²) in [6.45, 7) is 6.34. The second-order valence-electron chi connectivity index (χ2n) is 9.52. The van der Waals surface area contributed by atoms with Gasteiger partial charge in [-0.05, 0) is 64.6 Å². The van der Waals surface area contributed by atoms with E-state index in [-0.39, 0.29) is 34.0 Å². The lowest BCUT2D eigenvalue weighted by atomic mass is 9.55. The highest BCUT2D eigenvalue weighted by atomic mass is 19.4. The van der Waals surface area contributed by atoms with Crippen LogP contribution in [0, 0.1) is 51.8 Å². The van der Waals surface area contributed by atoms with Crippen molar-refractivity contribution < 1.29 is 31.4 Å². The van der Waals surface area contributed by atoms with Crippen LogP contribution in [0.2, 0.25) is 0 Å². The SMILES string of the molecule is CC1C2C13C(CC(O)(C(F)(F)F)C(F)(F)F)CC3C1C3C(C)(C)C123. The van der Waals surface area contributed by atoms with E-state index in [9.17, 15) is 31.4 Å². The van der Waals surface area contributed by atoms with Gasteiger partial charge in [0.1, 0.15) is 0 Å². The normalized spacial score (nSPS) is 55.8. The highest BCUT2D eigenvalue weighted by Gasteiger charge is 3.07. The molecule has 0 aliphatic heterocycles. The van der Waals surface area contributed by atoms with Crippen LogP contribution in [0.15, 0.2) is 0 Å². The Balaban J connectivity index is 1.44. The number of aliphatic hydroxyl groups is 1. The van der Waals surface area contributed by atoms with Gasteiger partial charge in [0.25, 0.3) is 5.60 Å². The molecule has 5 saturated carbocycles. The first-order chi connectivity index (χ1) is 10.7. The van der Waals surface area contributed by atoms with Crippen LogP contribution in [0.5, 0.6) is 0 Å². The molecule has 5 rings (SSSR count). The zero-order chi connectivity index (χ0) is 17.9. The largest absolute Gasteiger partial charge is 0.426 e. The zero-order valence-electron chi connectivity index (χ0n) is 13.6. The van der Waals surface area contributed by atoms with Gasteiger partial charge in [-0.3, -0.25) is 0 Å². The van der Waals surface area contributed by atoms with Gasteiger partial charge >= 0.3 is 12.4 Å². The molecule has 0 aromatic heterocycles. The van der Waals surface area contributed by atoms with Crippen molar-refractivity contribution in [3.8, 4) is 0 Å². The third kappa shape index (κ3) is 1.13. The molecule has 0 bridgehead atoms. The van der Waals surface area contributed by atoms with Gasteiger partial charge in [0, 0.05) is 0 Å². The van der Waals surface area contributed by atoms with E-state index < -0.39 is 30.3 Å². The van der Waals surface area contributed by atoms with Crippen molar-refractivity contribution in [3.05, 3.63) is 0 Å². The van der Waals surface area contributed by atoms with E-state index in [0.29, 0.717) is 18.3 Å². The van der Waals surface area contributed by atoms with Crippen LogP contribution < -0.4 is 0 Å². The smallest absolute Gasteiger partial charge is 0.374 e. The van der Waals surface area contributed by atoms with Gasteiger partial charge in [-0.15, -0.1) is 0 Å². The van der Waals surface area contributed by atoms with Gasteiger partial charge in [0.2, 0.25) is 0 Å². The summed E-state index contributed by atoms with van der Waals surface area (Å²) in [5, 5.41) is 9.56. The summed E-state index contributed by atoms with van der Waals surface area (Å²) in [7, 11) is 0. The van der Waals surface area contributed by atoms with Gasteiger partial charge in [0.15, 0.2) is 0 Å². The minimum atomic E-state index is -5.69. The number of alkyl halides is 6. The fourth-order valence-electron chi connectivity index (χ4n) is 8.41. The number of fused-ring (bicyclic) bond motifs is 2. The van der Waals surface area contributed by atoms with E-state index in [1.54, 1.807) is 0 Å². The number of hydrogen-bond acceptors (Lipinski definition) is 1. The van der Waals surface area contributed by atoms with E-state index >= 15 is 0 Å². The molecule has 0 radical (unpaired) electrons. The third-order valence-electron chi connectivity index (χ3n) is 9.16. The molecule has 2 spiro atoms. The lowest BCUT2D eigenvalue weighted by Crippen LogP contribution is -2.60. The minimum Gasteiger partial charge on any atom is -0.374 e. The third-order valence-corrected chi connectivity index (χ3v) is 9.16. The fraction of sp³-hybridized carbons (Fsp3) is 1.00. The molecule has 0 saturated heterocycles. The summed E-state index contributed by atoms with van der Waals surface area (Å²) in [6, 6.07) is 0. The van der Waals surface area contributed by atoms with Crippen molar-refractivity contribution in [2.45, 2.75) is 51.6 Å². The van der Waals surface area contributed by atoms with Crippen molar-refractivity contribution in [1.29, 1.82) is 0 Å². The molecule has 1 N–H and O–H groups in total. The molecule has 5 aliphatic carbocycles. The van der Waals surface area contributed by atoms with Crippen LogP contribution in [0.4, 0.5) is 26.3 Å². The van der Waals surface area contributed by atoms with E-state index in [1.165, 1.54) is 0 Å². The quantitative estimate of drug-likeness (QED) is 0.729. The molecule has 5 aliphatic rings. The highest BCUT2D eigenvalue weighted by Crippen LogP contribution is 3.10. The lowest BCUT2D eigenvalue weighted by molar-refractivity contribution is -0.376. The highest BCUT2D eigenvalue weighted by molar-refractivity contribution is 5.53. The number of rotatable bonds is 2. The van der Waals surface area contributed by atoms with Gasteiger partial charge in [-0.2, -0.15) is 26.3 Å². The van der Waals surface area contributed by atoms with Crippen molar-refractivity contribution >= 4 is 0 Å². The van der Waals surface area contributed by atoms with Gasteiger partial charge in [0.05, 0.1) is 0 Å². The monoisotopic (exact) mass is 354 g/mol. The van der Waals surface area contributed by atoms with Crippen LogP contribution in [0.3, 0.4) is 0 Å². The molecule has 0 aromatic carbocycles. The maximum atomic E-state index is 13.0. The summed E-state index contributed by atoms with van der Waals surface area (Å²) in [4.78, 5) is 0. The Hall–Kier alpha value is -0.460. The number of hydrogen-bond donors (Lipinski definition) is 1. The van der Waals surface area contributed by atoms with Crippen molar-refractivity contribution in [2.24, 2.45) is 51.8 Å². The second kappa shape index (κ2) is 3.39. The molecule has 136 valence electrons. The molecule has 24 heavy (non-hydrogen) atoms. The van der Waals surface area contributed by atoms with E-state index in [1.807, 2.05) is 6.92 Å². The Morgan fingerprint density at radius 2 is 1.54 bits per heavy atom. The van der Waals surface area contributed by atoms with Crippen LogP contribution in [-0.2, 0) is 0 Å². The van der Waals surface area contributed by atoms with Gasteiger partial charge in [-0.25, -0.2) is 0 Å². The topological polar surface area (TPSA) is 20.2 Å². The Kier molecular flexibility index (Phi) is 2.23. The average molecular weight is 354 g/mol. The minimum absolute atomic E-state index is 0.190. The molecule has 0 aromatic rings. The first kappa shape index (κ1) is 15.8. The van der Waals surface area contributed by atoms with E-state index in [0.717, 1.165) is 0 Å². The molecule has 0 heterocycles. The number of halogens is 6. The molecule has 0 amide bonds. The molecular weight excluding hydrogens is 334 g/mol. The summed E-state index contributed by atoms with van der Waals surface area (Å²) < 4.78 is 78.1. The zero-order valence-corrected chi connectivity index (χ0v) is 13.6. The summed E-state index contributed by atoms with van der Waals surface area (Å²) >= 11 is 0. The van der Waals surface area contributed by atoms with Crippen LogP contribution >= 0.6 is 0 Å². The van der Waals surface area contributed by atoms with Gasteiger partial charge < -0.3 is 5.11 Å². The second-order valence-corrected chi connectivity index (χ2v) is 9.52. The molecule has 1 nitrogen and oxygen atoms in total. The summed E-state index contributed by atoms with van der Waals surface area (Å²) in [6.07, 6.45) is -12.2. The summed E-state index contributed by atoms with van der Waals surface area (Å²) in [5.41, 5.74) is -4.55. The van der Waals surface area contributed by atoms with Crippen molar-refractivity contribution in [1.82, 2.24) is 0 Å². The van der Waals surface area contributed by atoms with Crippen molar-refractivity contribution in [3.63, 3.8) is 0 Å². The Morgan fingerprint density at radius 3 is 2.00 bits per heavy atom.